The Balaban J connectivity index is 1.64. The molecule has 0 bridgehead atoms. The molecule has 1 aliphatic rings. The molecule has 1 amide bonds. The van der Waals surface area contributed by atoms with Gasteiger partial charge in [0.15, 0.2) is 11.6 Å². The van der Waals surface area contributed by atoms with Gasteiger partial charge in [-0.25, -0.2) is 0 Å². The summed E-state index contributed by atoms with van der Waals surface area (Å²) in [6.07, 6.45) is 1.06. The van der Waals surface area contributed by atoms with E-state index >= 15 is 0 Å². The molecule has 0 N–H and O–H groups in total. The molecule has 0 fully saturated rings. The average Bonchev–Trinajstić information content (AvgIpc) is 3.03. The maximum atomic E-state index is 12.5. The summed E-state index contributed by atoms with van der Waals surface area (Å²) in [5, 5.41) is 0.575. The Labute approximate surface area is 151 Å². The Morgan fingerprint density at radius 2 is 1.68 bits per heavy atom. The van der Waals surface area contributed by atoms with Crippen LogP contribution in [0.15, 0.2) is 42.5 Å². The predicted molar refractivity (Wildman–Crippen MR) is 97.5 cm³/mol. The van der Waals surface area contributed by atoms with Crippen molar-refractivity contribution < 1.29 is 14.4 Å². The van der Waals surface area contributed by atoms with Crippen LogP contribution in [-0.2, 0) is 11.2 Å². The molecule has 0 aliphatic carbocycles. The second kappa shape index (κ2) is 7.19. The number of amides is 1. The van der Waals surface area contributed by atoms with Gasteiger partial charge in [0, 0.05) is 41.2 Å². The van der Waals surface area contributed by atoms with Gasteiger partial charge in [-0.2, -0.15) is 0 Å². The highest BCUT2D eigenvalue weighted by atomic mass is 35.5. The lowest BCUT2D eigenvalue weighted by Crippen LogP contribution is -2.29. The van der Waals surface area contributed by atoms with Crippen molar-refractivity contribution in [3.8, 4) is 0 Å². The van der Waals surface area contributed by atoms with Crippen LogP contribution in [0.1, 0.15) is 46.0 Å². The van der Waals surface area contributed by atoms with E-state index < -0.39 is 0 Å². The predicted octanol–water partition coefficient (Wildman–Crippen LogP) is 4.09. The molecule has 0 saturated carbocycles. The summed E-state index contributed by atoms with van der Waals surface area (Å²) in [4.78, 5) is 37.9. The lowest BCUT2D eigenvalue weighted by atomic mass is 10.1. The smallest absolute Gasteiger partial charge is 0.227 e. The lowest BCUT2D eigenvalue weighted by molar-refractivity contribution is -0.118. The van der Waals surface area contributed by atoms with Crippen LogP contribution in [0.4, 0.5) is 5.69 Å². The molecule has 0 unspecified atom stereocenters. The first-order valence-corrected chi connectivity index (χ1v) is 8.56. The number of rotatable bonds is 5. The van der Waals surface area contributed by atoms with E-state index in [4.69, 9.17) is 11.6 Å². The highest BCUT2D eigenvalue weighted by molar-refractivity contribution is 6.30. The molecule has 128 valence electrons. The Kier molecular flexibility index (Phi) is 5.00. The number of hydrogen-bond acceptors (Lipinski definition) is 3. The second-order valence-electron chi connectivity index (χ2n) is 6.13. The van der Waals surface area contributed by atoms with Crippen LogP contribution < -0.4 is 4.90 Å². The molecule has 0 aromatic heterocycles. The van der Waals surface area contributed by atoms with E-state index in [0.29, 0.717) is 22.7 Å². The largest absolute Gasteiger partial charge is 0.312 e. The van der Waals surface area contributed by atoms with Crippen LogP contribution in [0.5, 0.6) is 0 Å². The van der Waals surface area contributed by atoms with Gasteiger partial charge < -0.3 is 4.90 Å². The van der Waals surface area contributed by atoms with E-state index in [1.165, 1.54) is 6.92 Å². The van der Waals surface area contributed by atoms with E-state index in [1.54, 1.807) is 35.2 Å². The van der Waals surface area contributed by atoms with Crippen molar-refractivity contribution in [1.82, 2.24) is 0 Å². The maximum absolute atomic E-state index is 12.5. The average molecular weight is 356 g/mol. The minimum atomic E-state index is -0.0728. The lowest BCUT2D eigenvalue weighted by Gasteiger charge is -2.17. The van der Waals surface area contributed by atoms with E-state index in [1.807, 2.05) is 12.1 Å². The first kappa shape index (κ1) is 17.4. The van der Waals surface area contributed by atoms with Crippen molar-refractivity contribution in [3.05, 3.63) is 64.2 Å². The van der Waals surface area contributed by atoms with Crippen LogP contribution >= 0.6 is 11.6 Å². The first-order valence-electron chi connectivity index (χ1n) is 8.18. The van der Waals surface area contributed by atoms with Gasteiger partial charge >= 0.3 is 0 Å². The summed E-state index contributed by atoms with van der Waals surface area (Å²) in [5.74, 6) is -0.130. The van der Waals surface area contributed by atoms with E-state index in [9.17, 15) is 14.4 Å². The maximum Gasteiger partial charge on any atom is 0.227 e. The first-order chi connectivity index (χ1) is 12.0. The molecule has 1 aliphatic heterocycles. The van der Waals surface area contributed by atoms with Crippen molar-refractivity contribution in [2.75, 3.05) is 11.4 Å². The second-order valence-corrected chi connectivity index (χ2v) is 6.56. The molecule has 4 nitrogen and oxygen atoms in total. The molecule has 0 atom stereocenters. The summed E-state index contributed by atoms with van der Waals surface area (Å²) in [6, 6.07) is 12.1. The summed E-state index contributed by atoms with van der Waals surface area (Å²) >= 11 is 5.82. The van der Waals surface area contributed by atoms with Crippen LogP contribution in [0.25, 0.3) is 0 Å². The zero-order chi connectivity index (χ0) is 18.0. The van der Waals surface area contributed by atoms with Gasteiger partial charge in [0.25, 0.3) is 0 Å². The zero-order valence-electron chi connectivity index (χ0n) is 13.9. The third kappa shape index (κ3) is 3.80. The van der Waals surface area contributed by atoms with E-state index in [2.05, 4.69) is 0 Å². The number of ketones is 2. The minimum absolute atomic E-state index is 0.0149. The Hall–Kier alpha value is -2.46. The highest BCUT2D eigenvalue weighted by Gasteiger charge is 2.25. The number of Topliss-reactive ketones (excluding diaryl/α,β-unsaturated/α-hetero) is 2. The van der Waals surface area contributed by atoms with Crippen molar-refractivity contribution >= 4 is 34.8 Å². The van der Waals surface area contributed by atoms with Gasteiger partial charge in [-0.05, 0) is 61.4 Å². The van der Waals surface area contributed by atoms with Gasteiger partial charge in [-0.1, -0.05) is 11.6 Å². The van der Waals surface area contributed by atoms with Crippen LogP contribution in [-0.4, -0.2) is 24.0 Å². The van der Waals surface area contributed by atoms with Crippen molar-refractivity contribution in [1.29, 1.82) is 0 Å². The molecule has 0 saturated heterocycles. The topological polar surface area (TPSA) is 54.5 Å². The molecular formula is C20H18ClNO3. The van der Waals surface area contributed by atoms with Gasteiger partial charge in [0.05, 0.1) is 0 Å². The van der Waals surface area contributed by atoms with E-state index in [-0.39, 0.29) is 30.3 Å². The fraction of sp³-hybridized carbons (Fsp3) is 0.250. The molecule has 5 heteroatoms. The SMILES string of the molecule is CC(=O)c1ccc2c(c1)CCN2C(=O)CCC(=O)c1ccc(Cl)cc1. The summed E-state index contributed by atoms with van der Waals surface area (Å²) in [7, 11) is 0. The van der Waals surface area contributed by atoms with Gasteiger partial charge in [0.1, 0.15) is 0 Å². The van der Waals surface area contributed by atoms with Gasteiger partial charge in [0.2, 0.25) is 5.91 Å². The molecule has 0 radical (unpaired) electrons. The monoisotopic (exact) mass is 355 g/mol. The number of nitrogens with zero attached hydrogens (tertiary/aromatic N) is 1. The van der Waals surface area contributed by atoms with Crippen molar-refractivity contribution in [2.45, 2.75) is 26.2 Å². The number of halogens is 1. The molecule has 25 heavy (non-hydrogen) atoms. The zero-order valence-corrected chi connectivity index (χ0v) is 14.7. The number of benzene rings is 2. The third-order valence-corrected chi connectivity index (χ3v) is 4.67. The number of anilines is 1. The highest BCUT2D eigenvalue weighted by Crippen LogP contribution is 2.29. The third-order valence-electron chi connectivity index (χ3n) is 4.41. The molecule has 2 aromatic rings. The van der Waals surface area contributed by atoms with Crippen LogP contribution in [0.3, 0.4) is 0 Å². The number of fused-ring (bicyclic) bond motifs is 1. The molecule has 1 heterocycles. The van der Waals surface area contributed by atoms with Gasteiger partial charge in [-0.15, -0.1) is 0 Å². The fourth-order valence-electron chi connectivity index (χ4n) is 3.02. The van der Waals surface area contributed by atoms with Crippen molar-refractivity contribution in [3.63, 3.8) is 0 Å². The standard InChI is InChI=1S/C20H18ClNO3/c1-13(23)15-4-7-18-16(12-15)10-11-22(18)20(25)9-8-19(24)14-2-5-17(21)6-3-14/h2-7,12H,8-11H2,1H3. The molecule has 2 aromatic carbocycles. The van der Waals surface area contributed by atoms with Crippen LogP contribution in [0.2, 0.25) is 5.02 Å². The summed E-state index contributed by atoms with van der Waals surface area (Å²) in [5.41, 5.74) is 3.06. The normalized spacial score (nSPS) is 12.8. The van der Waals surface area contributed by atoms with Crippen molar-refractivity contribution in [2.24, 2.45) is 0 Å². The summed E-state index contributed by atoms with van der Waals surface area (Å²) in [6.45, 7) is 2.12. The van der Waals surface area contributed by atoms with E-state index in [0.717, 1.165) is 17.7 Å². The summed E-state index contributed by atoms with van der Waals surface area (Å²) < 4.78 is 0. The molecule has 0 spiro atoms. The van der Waals surface area contributed by atoms with Gasteiger partial charge in [-0.3, -0.25) is 14.4 Å². The number of hydrogen-bond donors (Lipinski definition) is 0. The minimum Gasteiger partial charge on any atom is -0.312 e. The quantitative estimate of drug-likeness (QED) is 0.759. The Bertz CT molecular complexity index is 843. The molecule has 3 rings (SSSR count). The number of carbonyl (C=O) groups is 3. The Morgan fingerprint density at radius 3 is 2.36 bits per heavy atom. The molecular weight excluding hydrogens is 338 g/mol. The Morgan fingerprint density at radius 1 is 1.00 bits per heavy atom. The van der Waals surface area contributed by atoms with Crippen LogP contribution in [0, 0.1) is 0 Å². The number of carbonyl (C=O) groups excluding carboxylic acids is 3. The fourth-order valence-corrected chi connectivity index (χ4v) is 3.14.